The molecule has 0 aliphatic rings. The minimum absolute atomic E-state index is 0.0704. The van der Waals surface area contributed by atoms with Crippen LogP contribution >= 0.6 is 11.3 Å². The van der Waals surface area contributed by atoms with Crippen LogP contribution in [-0.4, -0.2) is 22.4 Å². The number of hydrogen-bond acceptors (Lipinski definition) is 5. The molecule has 2 aromatic rings. The number of pyridine rings is 1. The highest BCUT2D eigenvalue weighted by molar-refractivity contribution is 7.11. The van der Waals surface area contributed by atoms with E-state index in [1.165, 1.54) is 0 Å². The Morgan fingerprint density at radius 3 is 2.67 bits per heavy atom. The molecule has 112 valence electrons. The first-order valence-electron chi connectivity index (χ1n) is 6.96. The number of anilines is 1. The van der Waals surface area contributed by atoms with E-state index in [0.29, 0.717) is 5.69 Å². The average molecular weight is 304 g/mol. The molecule has 21 heavy (non-hydrogen) atoms. The Bertz CT molecular complexity index is 621. The second-order valence-electron chi connectivity index (χ2n) is 4.84. The second kappa shape index (κ2) is 6.67. The third-order valence-corrected chi connectivity index (χ3v) is 4.31. The second-order valence-corrected chi connectivity index (χ2v) is 6.07. The van der Waals surface area contributed by atoms with E-state index in [1.54, 1.807) is 23.6 Å². The molecule has 0 aliphatic heterocycles. The van der Waals surface area contributed by atoms with Crippen LogP contribution in [0, 0.1) is 13.8 Å². The maximum absolute atomic E-state index is 12.2. The van der Waals surface area contributed by atoms with Gasteiger partial charge in [0, 0.05) is 11.4 Å². The van der Waals surface area contributed by atoms with Gasteiger partial charge in [0.2, 0.25) is 0 Å². The van der Waals surface area contributed by atoms with Crippen molar-refractivity contribution < 1.29 is 4.79 Å². The topological polar surface area (TPSA) is 66.9 Å². The Labute approximate surface area is 128 Å². The lowest BCUT2D eigenvalue weighted by Crippen LogP contribution is -2.27. The van der Waals surface area contributed by atoms with E-state index < -0.39 is 0 Å². The van der Waals surface area contributed by atoms with Crippen LogP contribution in [0.3, 0.4) is 0 Å². The van der Waals surface area contributed by atoms with Crippen molar-refractivity contribution in [3.63, 3.8) is 0 Å². The molecule has 0 spiro atoms. The van der Waals surface area contributed by atoms with Gasteiger partial charge in [-0.05, 0) is 39.8 Å². The van der Waals surface area contributed by atoms with Crippen molar-refractivity contribution >= 4 is 22.9 Å². The van der Waals surface area contributed by atoms with Crippen LogP contribution in [0.25, 0.3) is 0 Å². The van der Waals surface area contributed by atoms with Crippen LogP contribution < -0.4 is 10.6 Å². The summed E-state index contributed by atoms with van der Waals surface area (Å²) >= 11 is 1.61. The van der Waals surface area contributed by atoms with Crippen LogP contribution in [0.4, 0.5) is 5.69 Å². The number of carbonyl (C=O) groups excluding carboxylic acids is 1. The monoisotopic (exact) mass is 304 g/mol. The van der Waals surface area contributed by atoms with Crippen molar-refractivity contribution in [1.82, 2.24) is 15.3 Å². The lowest BCUT2D eigenvalue weighted by Gasteiger charge is -2.12. The van der Waals surface area contributed by atoms with Gasteiger partial charge < -0.3 is 10.6 Å². The minimum Gasteiger partial charge on any atom is -0.384 e. The average Bonchev–Trinajstić information content (AvgIpc) is 2.79. The highest BCUT2D eigenvalue weighted by Crippen LogP contribution is 2.24. The fourth-order valence-electron chi connectivity index (χ4n) is 2.12. The van der Waals surface area contributed by atoms with Gasteiger partial charge in [0.25, 0.3) is 5.91 Å². The summed E-state index contributed by atoms with van der Waals surface area (Å²) < 4.78 is 0. The number of aryl methyl sites for hydroxylation is 2. The number of nitrogens with one attached hydrogen (secondary N) is 2. The van der Waals surface area contributed by atoms with Gasteiger partial charge in [-0.2, -0.15) is 0 Å². The van der Waals surface area contributed by atoms with Crippen molar-refractivity contribution in [2.75, 3.05) is 11.9 Å². The maximum Gasteiger partial charge on any atom is 0.270 e. The Hall–Kier alpha value is -1.95. The molecule has 2 N–H and O–H groups in total. The molecule has 0 saturated carbocycles. The van der Waals surface area contributed by atoms with E-state index in [1.807, 2.05) is 33.8 Å². The predicted octanol–water partition coefficient (Wildman–Crippen LogP) is 3.08. The molecule has 0 radical (unpaired) electrons. The highest BCUT2D eigenvalue weighted by atomic mass is 32.1. The zero-order chi connectivity index (χ0) is 15.4. The van der Waals surface area contributed by atoms with Gasteiger partial charge in [0.1, 0.15) is 5.69 Å². The third kappa shape index (κ3) is 3.78. The van der Waals surface area contributed by atoms with Gasteiger partial charge in [-0.1, -0.05) is 0 Å². The first-order chi connectivity index (χ1) is 10.0. The fourth-order valence-corrected chi connectivity index (χ4v) is 3.05. The molecule has 0 aliphatic carbocycles. The molecule has 1 amide bonds. The molecule has 1 unspecified atom stereocenters. The summed E-state index contributed by atoms with van der Waals surface area (Å²) in [5.74, 6) is -0.170. The van der Waals surface area contributed by atoms with Crippen LogP contribution in [0.15, 0.2) is 18.3 Å². The van der Waals surface area contributed by atoms with Crippen molar-refractivity contribution in [2.24, 2.45) is 0 Å². The maximum atomic E-state index is 12.2. The Kier molecular flexibility index (Phi) is 4.90. The number of nitrogens with zero attached hydrogens (tertiary/aromatic N) is 2. The molecule has 0 fully saturated rings. The molecule has 5 nitrogen and oxygen atoms in total. The summed E-state index contributed by atoms with van der Waals surface area (Å²) in [4.78, 5) is 21.9. The highest BCUT2D eigenvalue weighted by Gasteiger charge is 2.16. The molecular weight excluding hydrogens is 284 g/mol. The normalized spacial score (nSPS) is 12.0. The number of hydrogen-bond donors (Lipinski definition) is 2. The number of rotatable bonds is 5. The SMILES string of the molecule is CCNc1ccc(C(=O)NC(C)c2sc(C)nc2C)nc1. The molecule has 1 atom stereocenters. The molecule has 2 aromatic heterocycles. The van der Waals surface area contributed by atoms with Gasteiger partial charge in [-0.15, -0.1) is 11.3 Å². The smallest absolute Gasteiger partial charge is 0.270 e. The molecule has 0 aromatic carbocycles. The quantitative estimate of drug-likeness (QED) is 0.891. The van der Waals surface area contributed by atoms with Gasteiger partial charge in [-0.25, -0.2) is 9.97 Å². The standard InChI is InChI=1S/C15H20N4OS/c1-5-16-12-6-7-13(17-8-12)15(20)19-10(3)14-9(2)18-11(4)21-14/h6-8,10,16H,5H2,1-4H3,(H,19,20). The van der Waals surface area contributed by atoms with Crippen molar-refractivity contribution in [1.29, 1.82) is 0 Å². The minimum atomic E-state index is -0.170. The number of aromatic nitrogens is 2. The van der Waals surface area contributed by atoms with Crippen LogP contribution in [-0.2, 0) is 0 Å². The Morgan fingerprint density at radius 2 is 2.14 bits per heavy atom. The number of amides is 1. The Balaban J connectivity index is 2.05. The van der Waals surface area contributed by atoms with Crippen LogP contribution in [0.5, 0.6) is 0 Å². The van der Waals surface area contributed by atoms with E-state index in [4.69, 9.17) is 0 Å². The lowest BCUT2D eigenvalue weighted by atomic mass is 10.2. The van der Waals surface area contributed by atoms with Crippen molar-refractivity contribution in [3.05, 3.63) is 39.6 Å². The first kappa shape index (κ1) is 15.4. The van der Waals surface area contributed by atoms with Crippen LogP contribution in [0.2, 0.25) is 0 Å². The molecule has 2 heterocycles. The summed E-state index contributed by atoms with van der Waals surface area (Å²) in [6.45, 7) is 8.74. The molecule has 0 saturated heterocycles. The summed E-state index contributed by atoms with van der Waals surface area (Å²) in [7, 11) is 0. The Morgan fingerprint density at radius 1 is 1.38 bits per heavy atom. The zero-order valence-electron chi connectivity index (χ0n) is 12.7. The van der Waals surface area contributed by atoms with Crippen molar-refractivity contribution in [2.45, 2.75) is 33.7 Å². The molecule has 2 rings (SSSR count). The van der Waals surface area contributed by atoms with E-state index in [-0.39, 0.29) is 11.9 Å². The van der Waals surface area contributed by atoms with Gasteiger partial charge in [0.05, 0.1) is 28.6 Å². The van der Waals surface area contributed by atoms with E-state index >= 15 is 0 Å². The van der Waals surface area contributed by atoms with E-state index in [0.717, 1.165) is 27.8 Å². The first-order valence-corrected chi connectivity index (χ1v) is 7.77. The van der Waals surface area contributed by atoms with E-state index in [2.05, 4.69) is 20.6 Å². The summed E-state index contributed by atoms with van der Waals surface area (Å²) in [6, 6.07) is 3.52. The van der Waals surface area contributed by atoms with Gasteiger partial charge in [0.15, 0.2) is 0 Å². The fraction of sp³-hybridized carbons (Fsp3) is 0.400. The molecule has 0 bridgehead atoms. The predicted molar refractivity (Wildman–Crippen MR) is 85.9 cm³/mol. The molecular formula is C15H20N4OS. The van der Waals surface area contributed by atoms with Crippen LogP contribution in [0.1, 0.15) is 46.0 Å². The van der Waals surface area contributed by atoms with Crippen molar-refractivity contribution in [3.8, 4) is 0 Å². The van der Waals surface area contributed by atoms with Gasteiger partial charge >= 0.3 is 0 Å². The van der Waals surface area contributed by atoms with Gasteiger partial charge in [-0.3, -0.25) is 4.79 Å². The number of carbonyl (C=O) groups is 1. The lowest BCUT2D eigenvalue weighted by molar-refractivity contribution is 0.0935. The third-order valence-electron chi connectivity index (χ3n) is 3.06. The van der Waals surface area contributed by atoms with E-state index in [9.17, 15) is 4.79 Å². The summed E-state index contributed by atoms with van der Waals surface area (Å²) in [5, 5.41) is 7.13. The largest absolute Gasteiger partial charge is 0.384 e. The molecule has 6 heteroatoms. The number of thiazole rings is 1. The summed E-state index contributed by atoms with van der Waals surface area (Å²) in [6.07, 6.45) is 1.67. The summed E-state index contributed by atoms with van der Waals surface area (Å²) in [5.41, 5.74) is 2.30. The zero-order valence-corrected chi connectivity index (χ0v) is 13.5.